The number of nitrogens with one attached hydrogen (secondary N) is 1. The summed E-state index contributed by atoms with van der Waals surface area (Å²) in [5.74, 6) is 0.637. The molecule has 2 amide bonds. The van der Waals surface area contributed by atoms with Crippen LogP contribution in [0.5, 0.6) is 0 Å². The number of aliphatic hydroxyl groups is 1. The summed E-state index contributed by atoms with van der Waals surface area (Å²) in [6, 6.07) is 3.21. The predicted molar refractivity (Wildman–Crippen MR) is 98.8 cm³/mol. The van der Waals surface area contributed by atoms with E-state index in [0.29, 0.717) is 31.1 Å². The van der Waals surface area contributed by atoms with Crippen LogP contribution in [0.2, 0.25) is 0 Å². The van der Waals surface area contributed by atoms with Gasteiger partial charge in [0, 0.05) is 30.3 Å². The number of fused-ring (bicyclic) bond motifs is 1. The molecule has 2 aromatic rings. The van der Waals surface area contributed by atoms with Gasteiger partial charge in [0.05, 0.1) is 23.8 Å². The highest BCUT2D eigenvalue weighted by Crippen LogP contribution is 2.54. The number of furan rings is 1. The van der Waals surface area contributed by atoms with E-state index < -0.39 is 0 Å². The van der Waals surface area contributed by atoms with Crippen molar-refractivity contribution in [2.75, 3.05) is 19.6 Å². The molecule has 148 valence electrons. The smallest absolute Gasteiger partial charge is 0.289 e. The fraction of sp³-hybridized carbons (Fsp3) is 0.526. The molecule has 1 spiro atoms. The van der Waals surface area contributed by atoms with Crippen LogP contribution >= 0.6 is 11.3 Å². The SMILES string of the molecule is O=C(NC[C@H]1[C@H]2CN(C(=O)c3ccc(CO)o3)C[C@]23CC[C@H]1O3)c1cscn1. The molecule has 0 unspecified atom stereocenters. The third-order valence-electron chi connectivity index (χ3n) is 6.26. The van der Waals surface area contributed by atoms with Crippen molar-refractivity contribution in [2.24, 2.45) is 11.8 Å². The number of aliphatic hydroxyl groups excluding tert-OH is 1. The number of ether oxygens (including phenoxy) is 1. The number of nitrogens with zero attached hydrogens (tertiary/aromatic N) is 2. The van der Waals surface area contributed by atoms with Crippen LogP contribution < -0.4 is 5.32 Å². The lowest BCUT2D eigenvalue weighted by molar-refractivity contribution is 0.00282. The van der Waals surface area contributed by atoms with Crippen molar-refractivity contribution in [3.63, 3.8) is 0 Å². The molecule has 2 aromatic heterocycles. The first-order chi connectivity index (χ1) is 13.6. The maximum absolute atomic E-state index is 12.8. The number of rotatable bonds is 5. The Morgan fingerprint density at radius 3 is 3.07 bits per heavy atom. The first-order valence-corrected chi connectivity index (χ1v) is 10.4. The Balaban J connectivity index is 1.28. The summed E-state index contributed by atoms with van der Waals surface area (Å²) in [5.41, 5.74) is 1.76. The Bertz CT molecular complexity index is 897. The lowest BCUT2D eigenvalue weighted by Crippen LogP contribution is -2.42. The van der Waals surface area contributed by atoms with Crippen LogP contribution in [0.15, 0.2) is 27.4 Å². The molecule has 3 fully saturated rings. The Morgan fingerprint density at radius 1 is 1.43 bits per heavy atom. The molecule has 3 aliphatic heterocycles. The molecule has 0 radical (unpaired) electrons. The molecule has 3 aliphatic rings. The molecule has 0 aliphatic carbocycles. The largest absolute Gasteiger partial charge is 0.453 e. The average Bonchev–Trinajstić information content (AvgIpc) is 3.50. The van der Waals surface area contributed by atoms with Gasteiger partial charge in [0.2, 0.25) is 0 Å². The van der Waals surface area contributed by atoms with Crippen LogP contribution in [0.3, 0.4) is 0 Å². The molecule has 28 heavy (non-hydrogen) atoms. The molecule has 9 heteroatoms. The quantitative estimate of drug-likeness (QED) is 0.779. The van der Waals surface area contributed by atoms with Gasteiger partial charge in [-0.2, -0.15) is 0 Å². The number of carbonyl (C=O) groups excluding carboxylic acids is 2. The second kappa shape index (κ2) is 6.68. The van der Waals surface area contributed by atoms with E-state index in [0.717, 1.165) is 12.8 Å². The lowest BCUT2D eigenvalue weighted by atomic mass is 9.73. The van der Waals surface area contributed by atoms with E-state index in [1.165, 1.54) is 11.3 Å². The third-order valence-corrected chi connectivity index (χ3v) is 6.85. The summed E-state index contributed by atoms with van der Waals surface area (Å²) in [7, 11) is 0. The minimum absolute atomic E-state index is 0.127. The zero-order chi connectivity index (χ0) is 19.3. The number of aromatic nitrogens is 1. The molecular weight excluding hydrogens is 382 g/mol. The summed E-state index contributed by atoms with van der Waals surface area (Å²) < 4.78 is 11.7. The second-order valence-corrected chi connectivity index (χ2v) is 8.44. The summed E-state index contributed by atoms with van der Waals surface area (Å²) in [6.07, 6.45) is 2.01. The molecule has 2 bridgehead atoms. The normalized spacial score (nSPS) is 30.6. The zero-order valence-electron chi connectivity index (χ0n) is 15.2. The van der Waals surface area contributed by atoms with Gasteiger partial charge in [-0.05, 0) is 25.0 Å². The molecule has 8 nitrogen and oxygen atoms in total. The summed E-state index contributed by atoms with van der Waals surface area (Å²) in [6.45, 7) is 1.41. The highest BCUT2D eigenvalue weighted by molar-refractivity contribution is 7.07. The van der Waals surface area contributed by atoms with Crippen LogP contribution in [0.1, 0.15) is 39.6 Å². The van der Waals surface area contributed by atoms with Crippen molar-refractivity contribution in [3.8, 4) is 0 Å². The van der Waals surface area contributed by atoms with Gasteiger partial charge in [-0.25, -0.2) is 4.98 Å². The molecule has 0 aromatic carbocycles. The second-order valence-electron chi connectivity index (χ2n) is 7.72. The van der Waals surface area contributed by atoms with Crippen molar-refractivity contribution in [2.45, 2.75) is 31.2 Å². The molecule has 5 heterocycles. The van der Waals surface area contributed by atoms with Gasteiger partial charge in [-0.15, -0.1) is 11.3 Å². The maximum Gasteiger partial charge on any atom is 0.289 e. The summed E-state index contributed by atoms with van der Waals surface area (Å²) in [5, 5.41) is 13.9. The lowest BCUT2D eigenvalue weighted by Gasteiger charge is -2.29. The van der Waals surface area contributed by atoms with Crippen molar-refractivity contribution >= 4 is 23.2 Å². The minimum Gasteiger partial charge on any atom is -0.453 e. The monoisotopic (exact) mass is 403 g/mol. The number of thiazole rings is 1. The van der Waals surface area contributed by atoms with Gasteiger partial charge in [0.15, 0.2) is 5.76 Å². The fourth-order valence-corrected chi connectivity index (χ4v) is 5.51. The highest BCUT2D eigenvalue weighted by atomic mass is 32.1. The van der Waals surface area contributed by atoms with Crippen LogP contribution in [0.4, 0.5) is 0 Å². The average molecular weight is 403 g/mol. The first-order valence-electron chi connectivity index (χ1n) is 9.43. The van der Waals surface area contributed by atoms with E-state index in [2.05, 4.69) is 10.3 Å². The van der Waals surface area contributed by atoms with Gasteiger partial charge in [0.1, 0.15) is 18.1 Å². The number of likely N-dealkylation sites (tertiary alicyclic amines) is 1. The fourth-order valence-electron chi connectivity index (χ4n) is 4.98. The summed E-state index contributed by atoms with van der Waals surface area (Å²) in [4.78, 5) is 30.9. The summed E-state index contributed by atoms with van der Waals surface area (Å²) >= 11 is 1.39. The van der Waals surface area contributed by atoms with Gasteiger partial charge in [0.25, 0.3) is 11.8 Å². The number of amides is 2. The van der Waals surface area contributed by atoms with E-state index in [-0.39, 0.29) is 47.7 Å². The van der Waals surface area contributed by atoms with Crippen molar-refractivity contribution < 1.29 is 23.8 Å². The van der Waals surface area contributed by atoms with Crippen molar-refractivity contribution in [3.05, 3.63) is 40.2 Å². The maximum atomic E-state index is 12.8. The predicted octanol–water partition coefficient (Wildman–Crippen LogP) is 1.28. The van der Waals surface area contributed by atoms with Gasteiger partial charge in [-0.3, -0.25) is 9.59 Å². The van der Waals surface area contributed by atoms with E-state index in [1.54, 1.807) is 27.9 Å². The van der Waals surface area contributed by atoms with E-state index in [1.807, 2.05) is 0 Å². The number of hydrogen-bond acceptors (Lipinski definition) is 7. The van der Waals surface area contributed by atoms with Crippen molar-refractivity contribution in [1.29, 1.82) is 0 Å². The topological polar surface area (TPSA) is 105 Å². The van der Waals surface area contributed by atoms with Crippen LogP contribution in [0, 0.1) is 11.8 Å². The van der Waals surface area contributed by atoms with Gasteiger partial charge in [-0.1, -0.05) is 0 Å². The van der Waals surface area contributed by atoms with Crippen LogP contribution in [0.25, 0.3) is 0 Å². The molecule has 3 saturated heterocycles. The van der Waals surface area contributed by atoms with Crippen LogP contribution in [-0.4, -0.2) is 58.1 Å². The molecule has 2 N–H and O–H groups in total. The molecule has 4 atom stereocenters. The van der Waals surface area contributed by atoms with Gasteiger partial charge >= 0.3 is 0 Å². The van der Waals surface area contributed by atoms with E-state index >= 15 is 0 Å². The Morgan fingerprint density at radius 2 is 2.32 bits per heavy atom. The number of carbonyl (C=O) groups is 2. The zero-order valence-corrected chi connectivity index (χ0v) is 16.0. The van der Waals surface area contributed by atoms with Crippen LogP contribution in [-0.2, 0) is 11.3 Å². The minimum atomic E-state index is -0.317. The number of hydrogen-bond donors (Lipinski definition) is 2. The van der Waals surface area contributed by atoms with Gasteiger partial charge < -0.3 is 24.5 Å². The Labute approximate surface area is 165 Å². The van der Waals surface area contributed by atoms with E-state index in [4.69, 9.17) is 14.3 Å². The van der Waals surface area contributed by atoms with Crippen molar-refractivity contribution in [1.82, 2.24) is 15.2 Å². The molecular formula is C19H21N3O5S. The third kappa shape index (κ3) is 2.76. The van der Waals surface area contributed by atoms with E-state index in [9.17, 15) is 9.59 Å². The Kier molecular flexibility index (Phi) is 4.26. The first kappa shape index (κ1) is 17.8. The molecule has 5 rings (SSSR count). The molecule has 0 saturated carbocycles. The Hall–Kier alpha value is -2.23. The highest BCUT2D eigenvalue weighted by Gasteiger charge is 2.63. The standard InChI is InChI=1S/C19H21N3O5S/c23-7-11-1-2-16(26-11)18(25)22-6-13-12(15-3-4-19(13,9-22)27-15)5-20-17(24)14-8-28-10-21-14/h1-2,8,10,12-13,15,23H,3-7,9H2,(H,20,24)/t12-,13+,15+,19+/m0/s1.